The third-order valence-electron chi connectivity index (χ3n) is 9.17. The van der Waals surface area contributed by atoms with E-state index in [0.29, 0.717) is 17.9 Å². The van der Waals surface area contributed by atoms with Gasteiger partial charge in [-0.25, -0.2) is 12.9 Å². The fourth-order valence-electron chi connectivity index (χ4n) is 6.02. The second-order valence-corrected chi connectivity index (χ2v) is 15.0. The minimum absolute atomic E-state index is 0.00697. The first-order valence-electron chi connectivity index (χ1n) is 17.8. The third-order valence-corrected chi connectivity index (χ3v) is 11.0. The van der Waals surface area contributed by atoms with Crippen molar-refractivity contribution >= 4 is 27.1 Å². The summed E-state index contributed by atoms with van der Waals surface area (Å²) >= 11 is 0. The topological polar surface area (TPSA) is 139 Å². The number of rotatable bonds is 19. The highest BCUT2D eigenvalue weighted by Gasteiger charge is 2.22. The van der Waals surface area contributed by atoms with Crippen LogP contribution in [0, 0.1) is 13.8 Å². The molecule has 1 atom stereocenters. The third kappa shape index (κ3) is 9.53. The largest absolute Gasteiger partial charge is 0.508 e. The number of nitrogens with one attached hydrogen (secondary N) is 2. The molecule has 0 aliphatic carbocycles. The molecule has 3 N–H and O–H groups in total. The number of phenols is 1. The summed E-state index contributed by atoms with van der Waals surface area (Å²) in [6.07, 6.45) is 11.5. The molecule has 5 aromatic rings. The Hall–Kier alpha value is -4.64. The molecule has 0 saturated heterocycles. The molecule has 1 amide bonds. The summed E-state index contributed by atoms with van der Waals surface area (Å²) in [4.78, 5) is 13.7. The molecule has 0 saturated carbocycles. The van der Waals surface area contributed by atoms with Gasteiger partial charge in [-0.15, -0.1) is 10.2 Å². The molecule has 10 nitrogen and oxygen atoms in total. The average Bonchev–Trinajstić information content (AvgIpc) is 3.64. The number of anilines is 1. The summed E-state index contributed by atoms with van der Waals surface area (Å²) in [5.41, 5.74) is 4.93. The van der Waals surface area contributed by atoms with E-state index in [1.54, 1.807) is 12.1 Å². The number of aromatic hydroxyl groups is 1. The number of hydrogen-bond acceptors (Lipinski definition) is 7. The van der Waals surface area contributed by atoms with E-state index < -0.39 is 15.9 Å². The molecule has 3 aromatic carbocycles. The highest BCUT2D eigenvalue weighted by atomic mass is 32.2. The van der Waals surface area contributed by atoms with Gasteiger partial charge in [0.15, 0.2) is 17.6 Å². The van der Waals surface area contributed by atoms with Gasteiger partial charge in [0, 0.05) is 23.4 Å². The molecule has 0 radical (unpaired) electrons. The van der Waals surface area contributed by atoms with Gasteiger partial charge in [-0.05, 0) is 106 Å². The van der Waals surface area contributed by atoms with Crippen molar-refractivity contribution < 1.29 is 23.1 Å². The zero-order chi connectivity index (χ0) is 35.5. The van der Waals surface area contributed by atoms with Gasteiger partial charge in [0.2, 0.25) is 9.84 Å². The number of aryl methyl sites for hydroxylation is 4. The summed E-state index contributed by atoms with van der Waals surface area (Å²) in [6, 6.07) is 19.4. The van der Waals surface area contributed by atoms with E-state index in [1.807, 2.05) is 42.6 Å². The normalized spacial score (nSPS) is 12.3. The lowest BCUT2D eigenvalue weighted by atomic mass is 10.0. The first kappa shape index (κ1) is 36.6. The average molecular weight is 700 g/mol. The number of aromatic nitrogens is 4. The van der Waals surface area contributed by atoms with Crippen molar-refractivity contribution in [1.29, 1.82) is 0 Å². The number of phenolic OH excluding ortho intramolecular Hbond substituents is 1. The maximum absolute atomic E-state index is 13.5. The van der Waals surface area contributed by atoms with Gasteiger partial charge >= 0.3 is 0 Å². The van der Waals surface area contributed by atoms with E-state index >= 15 is 0 Å². The van der Waals surface area contributed by atoms with Crippen molar-refractivity contribution in [1.82, 2.24) is 19.8 Å². The molecule has 11 heteroatoms. The molecule has 0 aliphatic rings. The zero-order valence-corrected chi connectivity index (χ0v) is 30.1. The van der Waals surface area contributed by atoms with E-state index in [0.717, 1.165) is 66.8 Å². The lowest BCUT2D eigenvalue weighted by Gasteiger charge is -2.19. The minimum atomic E-state index is -3.77. The number of H-pyrrole nitrogens is 1. The van der Waals surface area contributed by atoms with E-state index in [-0.39, 0.29) is 21.4 Å². The smallest absolute Gasteiger partial charge is 0.265 e. The Labute approximate surface area is 295 Å². The van der Waals surface area contributed by atoms with Gasteiger partial charge in [0.1, 0.15) is 11.5 Å². The molecule has 0 spiro atoms. The fourth-order valence-corrected chi connectivity index (χ4v) is 7.28. The van der Waals surface area contributed by atoms with E-state index in [4.69, 9.17) is 4.74 Å². The molecule has 1 unspecified atom stereocenters. The van der Waals surface area contributed by atoms with Crippen molar-refractivity contribution in [3.05, 3.63) is 95.4 Å². The summed E-state index contributed by atoms with van der Waals surface area (Å²) in [5, 5.41) is 24.6. The SMILES string of the molecule is CCCCCCCCCCC(Oc1ccc(S(=O)(=O)c2ccc(O)cc2)cc1)C(=O)Nc1ccc(CCCc2nnc3c(C)c(C)[nH]n23)cc1. The van der Waals surface area contributed by atoms with Crippen molar-refractivity contribution in [2.45, 2.75) is 114 Å². The van der Waals surface area contributed by atoms with Crippen LogP contribution in [0.3, 0.4) is 0 Å². The second-order valence-electron chi connectivity index (χ2n) is 13.0. The van der Waals surface area contributed by atoms with E-state index in [1.165, 1.54) is 68.5 Å². The van der Waals surface area contributed by atoms with Gasteiger partial charge in [0.05, 0.1) is 9.79 Å². The number of carbonyl (C=O) groups excluding carboxylic acids is 1. The van der Waals surface area contributed by atoms with Crippen molar-refractivity contribution in [2.75, 3.05) is 5.32 Å². The molecule has 50 heavy (non-hydrogen) atoms. The van der Waals surface area contributed by atoms with Gasteiger partial charge in [-0.2, -0.15) is 0 Å². The maximum atomic E-state index is 13.5. The summed E-state index contributed by atoms with van der Waals surface area (Å²) < 4.78 is 34.3. The molecule has 2 aromatic heterocycles. The predicted octanol–water partition coefficient (Wildman–Crippen LogP) is 8.30. The Morgan fingerprint density at radius 2 is 1.44 bits per heavy atom. The Kier molecular flexibility index (Phi) is 12.7. The standard InChI is InChI=1S/C39H49N5O5S/c1-4-5-6-7-8-9-10-11-14-36(49-33-22-26-35(27-23-33)50(47,48)34-24-20-32(45)21-25-34)39(46)40-31-18-16-30(17-19-31)13-12-15-37-41-42-38-28(2)29(3)43-44(37)38/h16-27,36,43,45H,4-15H2,1-3H3,(H,40,46). The Bertz CT molecular complexity index is 1930. The van der Waals surface area contributed by atoms with Crippen LogP contribution in [0.1, 0.15) is 93.8 Å². The van der Waals surface area contributed by atoms with Crippen molar-refractivity contribution in [2.24, 2.45) is 0 Å². The highest BCUT2D eigenvalue weighted by molar-refractivity contribution is 7.91. The van der Waals surface area contributed by atoms with Crippen LogP contribution in [0.25, 0.3) is 5.65 Å². The molecule has 2 heterocycles. The highest BCUT2D eigenvalue weighted by Crippen LogP contribution is 2.26. The molecule has 266 valence electrons. The van der Waals surface area contributed by atoms with Gasteiger partial charge < -0.3 is 15.2 Å². The Balaban J connectivity index is 1.18. The van der Waals surface area contributed by atoms with Crippen LogP contribution < -0.4 is 10.1 Å². The van der Waals surface area contributed by atoms with Gasteiger partial charge in [-0.1, -0.05) is 64.0 Å². The molecular weight excluding hydrogens is 651 g/mol. The van der Waals surface area contributed by atoms with Crippen LogP contribution in [0.15, 0.2) is 82.6 Å². The zero-order valence-electron chi connectivity index (χ0n) is 29.3. The van der Waals surface area contributed by atoms with Crippen LogP contribution in [-0.2, 0) is 27.5 Å². The van der Waals surface area contributed by atoms with E-state index in [9.17, 15) is 18.3 Å². The first-order chi connectivity index (χ1) is 24.2. The summed E-state index contributed by atoms with van der Waals surface area (Å²) in [7, 11) is -3.77. The van der Waals surface area contributed by atoms with E-state index in [2.05, 4.69) is 27.5 Å². The Morgan fingerprint density at radius 3 is 2.10 bits per heavy atom. The number of benzene rings is 3. The van der Waals surface area contributed by atoms with Crippen LogP contribution in [0.5, 0.6) is 11.5 Å². The molecule has 0 aliphatic heterocycles. The van der Waals surface area contributed by atoms with Crippen LogP contribution in [0.2, 0.25) is 0 Å². The second kappa shape index (κ2) is 17.3. The molecule has 5 rings (SSSR count). The number of sulfone groups is 1. The van der Waals surface area contributed by atoms with Crippen LogP contribution in [0.4, 0.5) is 5.69 Å². The molecule has 0 fully saturated rings. The quantitative estimate of drug-likeness (QED) is 0.0737. The minimum Gasteiger partial charge on any atom is -0.508 e. The van der Waals surface area contributed by atoms with Crippen LogP contribution in [-0.4, -0.2) is 45.3 Å². The van der Waals surface area contributed by atoms with Crippen molar-refractivity contribution in [3.8, 4) is 11.5 Å². The monoisotopic (exact) mass is 699 g/mol. The maximum Gasteiger partial charge on any atom is 0.265 e. The Morgan fingerprint density at radius 1 is 0.820 bits per heavy atom. The number of amides is 1. The number of hydrogen-bond donors (Lipinski definition) is 3. The lowest BCUT2D eigenvalue weighted by molar-refractivity contribution is -0.123. The number of fused-ring (bicyclic) bond motifs is 1. The van der Waals surface area contributed by atoms with Crippen LogP contribution >= 0.6 is 0 Å². The molecular formula is C39H49N5O5S. The first-order valence-corrected chi connectivity index (χ1v) is 19.2. The number of carbonyl (C=O) groups is 1. The number of aromatic amines is 1. The molecule has 0 bridgehead atoms. The van der Waals surface area contributed by atoms with Gasteiger partial charge in [0.25, 0.3) is 5.91 Å². The fraction of sp³-hybridized carbons (Fsp3) is 0.410. The van der Waals surface area contributed by atoms with Gasteiger partial charge in [-0.3, -0.25) is 9.89 Å². The number of unbranched alkanes of at least 4 members (excludes halogenated alkanes) is 7. The predicted molar refractivity (Wildman–Crippen MR) is 196 cm³/mol. The summed E-state index contributed by atoms with van der Waals surface area (Å²) in [5.74, 6) is 1.08. The lowest BCUT2D eigenvalue weighted by Crippen LogP contribution is -2.33. The number of nitrogens with zero attached hydrogens (tertiary/aromatic N) is 3. The number of ether oxygens (including phenoxy) is 1. The summed E-state index contributed by atoms with van der Waals surface area (Å²) in [6.45, 7) is 6.29. The van der Waals surface area contributed by atoms with Crippen molar-refractivity contribution in [3.63, 3.8) is 0 Å².